The zero-order chi connectivity index (χ0) is 54.8. The summed E-state index contributed by atoms with van der Waals surface area (Å²) in [6, 6.07) is -7.16. The van der Waals surface area contributed by atoms with E-state index in [1.807, 2.05) is 0 Å². The molecule has 1 aromatic carbocycles. The first kappa shape index (κ1) is 62.6. The van der Waals surface area contributed by atoms with Gasteiger partial charge in [0.25, 0.3) is 0 Å². The fourth-order valence-corrected chi connectivity index (χ4v) is 7.61. The number of aliphatic hydroxyl groups is 3. The van der Waals surface area contributed by atoms with Crippen LogP contribution in [0.15, 0.2) is 24.3 Å². The predicted molar refractivity (Wildman–Crippen MR) is 261 cm³/mol. The van der Waals surface area contributed by atoms with Crippen molar-refractivity contribution in [2.45, 2.75) is 139 Å². The molecule has 0 bridgehead atoms. The van der Waals surface area contributed by atoms with E-state index >= 15 is 0 Å². The number of aliphatic carboxylic acids is 1. The van der Waals surface area contributed by atoms with Crippen LogP contribution in [0.3, 0.4) is 0 Å². The van der Waals surface area contributed by atoms with Gasteiger partial charge in [-0.15, -0.1) is 0 Å². The van der Waals surface area contributed by atoms with Gasteiger partial charge in [-0.2, -0.15) is 0 Å². The summed E-state index contributed by atoms with van der Waals surface area (Å²) >= 11 is 0. The molecule has 19 N–H and O–H groups in total. The Bertz CT molecular complexity index is 2010. The van der Waals surface area contributed by atoms with E-state index < -0.39 is 139 Å². The number of amides is 9. The van der Waals surface area contributed by atoms with Crippen molar-refractivity contribution < 1.29 is 73.5 Å². The molecule has 1 saturated heterocycles. The molecule has 0 aromatic heterocycles. The van der Waals surface area contributed by atoms with Crippen molar-refractivity contribution in [2.75, 3.05) is 46.0 Å². The highest BCUT2D eigenvalue weighted by Gasteiger charge is 2.38. The number of nitrogens with two attached hydrogens (primary N) is 3. The van der Waals surface area contributed by atoms with Crippen LogP contribution in [0.4, 0.5) is 0 Å². The minimum Gasteiger partial charge on any atom is -0.508 e. The molecular formula is C46H76N12O15. The monoisotopic (exact) mass is 1040 g/mol. The molecule has 1 heterocycles. The Labute approximate surface area is 423 Å². The van der Waals surface area contributed by atoms with E-state index in [0.717, 1.165) is 0 Å². The molecule has 0 saturated carbocycles. The van der Waals surface area contributed by atoms with Crippen molar-refractivity contribution in [1.82, 2.24) is 47.4 Å². The molecular weight excluding hydrogens is 961 g/mol. The Kier molecular flexibility index (Phi) is 27.9. The van der Waals surface area contributed by atoms with E-state index in [4.69, 9.17) is 17.2 Å². The van der Waals surface area contributed by atoms with E-state index in [1.165, 1.54) is 36.1 Å². The summed E-state index contributed by atoms with van der Waals surface area (Å²) in [5, 5.41) is 68.5. The van der Waals surface area contributed by atoms with Gasteiger partial charge in [0.05, 0.1) is 26.4 Å². The van der Waals surface area contributed by atoms with Crippen LogP contribution in [0.25, 0.3) is 0 Å². The first-order valence-corrected chi connectivity index (χ1v) is 24.4. The minimum atomic E-state index is -1.71. The molecule has 0 aliphatic carbocycles. The van der Waals surface area contributed by atoms with Gasteiger partial charge in [-0.3, -0.25) is 43.2 Å². The summed E-state index contributed by atoms with van der Waals surface area (Å²) < 4.78 is 0. The Hall–Kier alpha value is -6.52. The number of aliphatic hydroxyl groups excluding tert-OH is 3. The van der Waals surface area contributed by atoms with E-state index in [0.29, 0.717) is 44.1 Å². The maximum absolute atomic E-state index is 14.2. The van der Waals surface area contributed by atoms with Crippen LogP contribution in [0.1, 0.15) is 84.1 Å². The lowest BCUT2D eigenvalue weighted by molar-refractivity contribution is -0.143. The number of nitrogens with one attached hydrogen (secondary N) is 8. The van der Waals surface area contributed by atoms with Gasteiger partial charge >= 0.3 is 5.97 Å². The number of rotatable bonds is 33. The van der Waals surface area contributed by atoms with E-state index in [2.05, 4.69) is 42.5 Å². The fourth-order valence-electron chi connectivity index (χ4n) is 7.61. The largest absolute Gasteiger partial charge is 0.508 e. The first-order valence-electron chi connectivity index (χ1n) is 24.4. The highest BCUT2D eigenvalue weighted by Crippen LogP contribution is 2.18. The van der Waals surface area contributed by atoms with Crippen molar-refractivity contribution in [3.63, 3.8) is 0 Å². The van der Waals surface area contributed by atoms with Crippen LogP contribution in [0.2, 0.25) is 0 Å². The number of carboxylic acids is 1. The summed E-state index contributed by atoms with van der Waals surface area (Å²) in [6.45, 7) is 2.21. The zero-order valence-corrected chi connectivity index (χ0v) is 41.6. The molecule has 410 valence electrons. The first-order chi connectivity index (χ1) is 34.7. The number of carbonyl (C=O) groups excluding carboxylic acids is 9. The van der Waals surface area contributed by atoms with Gasteiger partial charge in [0.1, 0.15) is 60.1 Å². The highest BCUT2D eigenvalue weighted by atomic mass is 16.4. The normalized spacial score (nSPS) is 16.9. The van der Waals surface area contributed by atoms with E-state index in [1.54, 1.807) is 13.8 Å². The third-order valence-corrected chi connectivity index (χ3v) is 12.2. The molecule has 9 amide bonds. The molecule has 10 atom stereocenters. The van der Waals surface area contributed by atoms with Crippen molar-refractivity contribution in [2.24, 2.45) is 23.1 Å². The number of likely N-dealkylation sites (tertiary alicyclic amines) is 1. The van der Waals surface area contributed by atoms with Gasteiger partial charge in [0, 0.05) is 13.0 Å². The average molecular weight is 1040 g/mol. The second-order valence-corrected chi connectivity index (χ2v) is 17.7. The van der Waals surface area contributed by atoms with Gasteiger partial charge in [-0.25, -0.2) is 4.79 Å². The van der Waals surface area contributed by atoms with Crippen LogP contribution >= 0.6 is 0 Å². The number of nitrogens with zero attached hydrogens (tertiary/aromatic N) is 1. The molecule has 2 rings (SSSR count). The molecule has 1 fully saturated rings. The molecule has 0 spiro atoms. The maximum atomic E-state index is 14.2. The number of phenols is 1. The number of unbranched alkanes of at least 4 members (excludes halogenated alkanes) is 2. The second-order valence-electron chi connectivity index (χ2n) is 17.7. The fraction of sp³-hybridized carbons (Fsp3) is 0.652. The third kappa shape index (κ3) is 20.5. The Morgan fingerprint density at radius 1 is 0.603 bits per heavy atom. The van der Waals surface area contributed by atoms with Gasteiger partial charge in [0.2, 0.25) is 53.2 Å². The van der Waals surface area contributed by atoms with Gasteiger partial charge in [-0.05, 0) is 95.0 Å². The number of carboxylic acid groups (broad SMARTS) is 1. The molecule has 1 aliphatic rings. The van der Waals surface area contributed by atoms with Crippen molar-refractivity contribution >= 4 is 59.1 Å². The van der Waals surface area contributed by atoms with Crippen molar-refractivity contribution in [3.8, 4) is 5.75 Å². The summed E-state index contributed by atoms with van der Waals surface area (Å²) in [4.78, 5) is 134. The summed E-state index contributed by atoms with van der Waals surface area (Å²) in [5.41, 5.74) is 17.2. The lowest BCUT2D eigenvalue weighted by Gasteiger charge is -2.29. The summed E-state index contributed by atoms with van der Waals surface area (Å²) in [6.07, 6.45) is 2.36. The number of hydrogen-bond donors (Lipinski definition) is 16. The predicted octanol–water partition coefficient (Wildman–Crippen LogP) is -5.85. The van der Waals surface area contributed by atoms with Crippen LogP contribution in [-0.2, 0) is 54.4 Å². The Balaban J connectivity index is 2.31. The molecule has 27 heteroatoms. The lowest BCUT2D eigenvalue weighted by atomic mass is 9.96. The Morgan fingerprint density at radius 3 is 1.56 bits per heavy atom. The molecule has 27 nitrogen and oxygen atoms in total. The molecule has 1 aliphatic heterocycles. The highest BCUT2D eigenvalue weighted by molar-refractivity contribution is 5.98. The quantitative estimate of drug-likeness (QED) is 0.0292. The number of carbonyl (C=O) groups is 10. The number of aromatic hydroxyl groups is 1. The molecule has 0 unspecified atom stereocenters. The van der Waals surface area contributed by atoms with E-state index in [9.17, 15) is 73.5 Å². The molecule has 0 radical (unpaired) electrons. The van der Waals surface area contributed by atoms with Crippen LogP contribution in [0.5, 0.6) is 5.75 Å². The van der Waals surface area contributed by atoms with Crippen LogP contribution in [0, 0.1) is 5.92 Å². The number of benzene rings is 1. The Morgan fingerprint density at radius 2 is 1.07 bits per heavy atom. The maximum Gasteiger partial charge on any atom is 0.328 e. The molecule has 73 heavy (non-hydrogen) atoms. The second kappa shape index (κ2) is 32.5. The number of hydrogen-bond acceptors (Lipinski definition) is 17. The third-order valence-electron chi connectivity index (χ3n) is 12.2. The van der Waals surface area contributed by atoms with Gasteiger partial charge < -0.3 is 90.2 Å². The SMILES string of the molecule is CC[C@H](C)[C@H](NC(=O)[C@H](Cc1ccc(O)cc1)NC(=O)[C@H](C)NC(=O)[C@H](CO)NC(=O)[C@@H]1CCCN1C(=O)CN)C(=O)N[C@@H](CO)C(=O)N[C@@H](CCCCN)C(=O)N[C@@H](CCCCN)C(=O)N[C@@H](CO)C(=O)O. The summed E-state index contributed by atoms with van der Waals surface area (Å²) in [7, 11) is 0. The zero-order valence-electron chi connectivity index (χ0n) is 41.6. The smallest absolute Gasteiger partial charge is 0.328 e. The van der Waals surface area contributed by atoms with Gasteiger partial charge in [-0.1, -0.05) is 32.4 Å². The summed E-state index contributed by atoms with van der Waals surface area (Å²) in [5.74, 6) is -10.0. The molecule has 1 aromatic rings. The van der Waals surface area contributed by atoms with Crippen LogP contribution < -0.4 is 59.7 Å². The average Bonchev–Trinajstić information content (AvgIpc) is 3.87. The van der Waals surface area contributed by atoms with E-state index in [-0.39, 0.29) is 57.6 Å². The van der Waals surface area contributed by atoms with Crippen molar-refractivity contribution in [1.29, 1.82) is 0 Å². The lowest BCUT2D eigenvalue weighted by Crippen LogP contribution is -2.62. The van der Waals surface area contributed by atoms with Gasteiger partial charge in [0.15, 0.2) is 0 Å². The topological polar surface area (TPSA) is 449 Å². The van der Waals surface area contributed by atoms with Crippen molar-refractivity contribution in [3.05, 3.63) is 29.8 Å². The number of phenolic OH excluding ortho intramolecular Hbond substituents is 1. The standard InChI is InChI=1S/C46H76N12O15/c1-4-25(2)37(45(71)55-33(23-60)43(69)52-29(10-5-7-17-47)39(65)51-30(11-6-8-18-48)40(66)56-34(24-61)46(72)73)57-41(67)31(20-27-13-15-28(62)16-14-27)53-38(64)26(3)50-42(68)32(22-59)54-44(70)35-12-9-19-58(35)36(63)21-49/h13-16,25-26,29-35,37,59-62H,4-12,17-24,47-49H2,1-3H3,(H,50,68)(H,51,65)(H,52,69)(H,53,64)(H,54,70)(H,55,71)(H,56,66)(H,57,67)(H,72,73)/t25-,26-,29-,30-,31-,32-,33-,34-,35-,37-/m0/s1. The van der Waals surface area contributed by atoms with Crippen LogP contribution in [-0.4, -0.2) is 190 Å². The minimum absolute atomic E-state index is 0.0105.